The van der Waals surface area contributed by atoms with Crippen LogP contribution in [0.1, 0.15) is 21.9 Å². The molecule has 5 heteroatoms. The lowest BCUT2D eigenvalue weighted by molar-refractivity contribution is 0.0691. The minimum Gasteiger partial charge on any atom is -0.476 e. The molecule has 0 spiro atoms. The highest BCUT2D eigenvalue weighted by molar-refractivity contribution is 5.94. The topological polar surface area (TPSA) is 68.0 Å². The van der Waals surface area contributed by atoms with Gasteiger partial charge in [-0.15, -0.1) is 0 Å². The normalized spacial score (nSPS) is 10.5. The molecule has 0 aromatic carbocycles. The van der Waals surface area contributed by atoms with Crippen molar-refractivity contribution in [2.75, 3.05) is 0 Å². The SMILES string of the molecule is Cc1nn(C)c(C)c1-c1cccnc1C(=O)O. The number of carboxylic acid groups (broad SMARTS) is 1. The first-order valence-electron chi connectivity index (χ1n) is 5.21. The summed E-state index contributed by atoms with van der Waals surface area (Å²) in [6, 6.07) is 3.49. The van der Waals surface area contributed by atoms with E-state index in [2.05, 4.69) is 10.1 Å². The van der Waals surface area contributed by atoms with Crippen LogP contribution in [0.3, 0.4) is 0 Å². The van der Waals surface area contributed by atoms with Crippen LogP contribution < -0.4 is 0 Å². The molecular weight excluding hydrogens is 218 g/mol. The number of rotatable bonds is 2. The minimum atomic E-state index is -1.02. The molecule has 0 amide bonds. The van der Waals surface area contributed by atoms with Crippen LogP contribution in [-0.4, -0.2) is 25.8 Å². The van der Waals surface area contributed by atoms with Gasteiger partial charge in [0.2, 0.25) is 0 Å². The van der Waals surface area contributed by atoms with Crippen molar-refractivity contribution in [2.45, 2.75) is 13.8 Å². The Labute approximate surface area is 98.7 Å². The summed E-state index contributed by atoms with van der Waals surface area (Å²) in [7, 11) is 1.84. The van der Waals surface area contributed by atoms with Crippen LogP contribution in [0, 0.1) is 13.8 Å². The molecule has 0 bridgehead atoms. The molecule has 0 atom stereocenters. The predicted octanol–water partition coefficient (Wildman–Crippen LogP) is 1.80. The second kappa shape index (κ2) is 4.01. The van der Waals surface area contributed by atoms with Crippen molar-refractivity contribution in [3.8, 4) is 11.1 Å². The lowest BCUT2D eigenvalue weighted by Gasteiger charge is -2.05. The number of carbonyl (C=O) groups is 1. The first-order chi connectivity index (χ1) is 8.02. The lowest BCUT2D eigenvalue weighted by Crippen LogP contribution is -2.03. The zero-order valence-electron chi connectivity index (χ0n) is 9.93. The number of pyridine rings is 1. The summed E-state index contributed by atoms with van der Waals surface area (Å²) in [6.07, 6.45) is 1.48. The Morgan fingerprint density at radius 3 is 2.65 bits per heavy atom. The highest BCUT2D eigenvalue weighted by Crippen LogP contribution is 2.28. The molecule has 2 aromatic heterocycles. The number of aryl methyl sites for hydroxylation is 2. The van der Waals surface area contributed by atoms with E-state index in [1.807, 2.05) is 20.9 Å². The molecule has 1 N–H and O–H groups in total. The highest BCUT2D eigenvalue weighted by Gasteiger charge is 2.18. The van der Waals surface area contributed by atoms with Crippen molar-refractivity contribution in [3.63, 3.8) is 0 Å². The fourth-order valence-electron chi connectivity index (χ4n) is 1.94. The molecule has 88 valence electrons. The summed E-state index contributed by atoms with van der Waals surface area (Å²) < 4.78 is 1.74. The van der Waals surface area contributed by atoms with Gasteiger partial charge in [0, 0.05) is 30.1 Å². The van der Waals surface area contributed by atoms with Crippen LogP contribution in [0.2, 0.25) is 0 Å². The molecule has 0 unspecified atom stereocenters. The Hall–Kier alpha value is -2.17. The Morgan fingerprint density at radius 2 is 2.12 bits per heavy atom. The van der Waals surface area contributed by atoms with Crippen LogP contribution >= 0.6 is 0 Å². The zero-order chi connectivity index (χ0) is 12.6. The van der Waals surface area contributed by atoms with Crippen molar-refractivity contribution >= 4 is 5.97 Å². The maximum absolute atomic E-state index is 11.1. The molecule has 0 saturated heterocycles. The van der Waals surface area contributed by atoms with Gasteiger partial charge >= 0.3 is 5.97 Å². The average Bonchev–Trinajstić information content (AvgIpc) is 2.53. The summed E-state index contributed by atoms with van der Waals surface area (Å²) >= 11 is 0. The van der Waals surface area contributed by atoms with Crippen molar-refractivity contribution < 1.29 is 9.90 Å². The lowest BCUT2D eigenvalue weighted by atomic mass is 10.0. The Balaban J connectivity index is 2.72. The van der Waals surface area contributed by atoms with Crippen LogP contribution in [0.15, 0.2) is 18.3 Å². The summed E-state index contributed by atoms with van der Waals surface area (Å²) in [4.78, 5) is 15.0. The van der Waals surface area contributed by atoms with Crippen LogP contribution in [-0.2, 0) is 7.05 Å². The molecule has 2 heterocycles. The van der Waals surface area contributed by atoms with E-state index in [-0.39, 0.29) is 5.69 Å². The second-order valence-electron chi connectivity index (χ2n) is 3.87. The Morgan fingerprint density at radius 1 is 1.41 bits per heavy atom. The van der Waals surface area contributed by atoms with E-state index in [4.69, 9.17) is 5.11 Å². The summed E-state index contributed by atoms with van der Waals surface area (Å²) in [5, 5.41) is 13.4. The fourth-order valence-corrected chi connectivity index (χ4v) is 1.94. The Kier molecular flexibility index (Phi) is 2.67. The molecule has 0 fully saturated rings. The highest BCUT2D eigenvalue weighted by atomic mass is 16.4. The van der Waals surface area contributed by atoms with E-state index < -0.39 is 5.97 Å². The molecular formula is C12H13N3O2. The molecule has 0 aliphatic heterocycles. The van der Waals surface area contributed by atoms with E-state index in [0.717, 1.165) is 17.0 Å². The van der Waals surface area contributed by atoms with E-state index in [0.29, 0.717) is 5.56 Å². The fraction of sp³-hybridized carbons (Fsp3) is 0.250. The third-order valence-electron chi connectivity index (χ3n) is 2.79. The molecule has 0 aliphatic rings. The average molecular weight is 231 g/mol. The first kappa shape index (κ1) is 11.3. The molecule has 0 aliphatic carbocycles. The standard InChI is InChI=1S/C12H13N3O2/c1-7-10(8(2)15(3)14-7)9-5-4-6-13-11(9)12(16)17/h4-6H,1-3H3,(H,16,17). The van der Waals surface area contributed by atoms with Crippen molar-refractivity contribution in [2.24, 2.45) is 7.05 Å². The van der Waals surface area contributed by atoms with Gasteiger partial charge in [-0.25, -0.2) is 9.78 Å². The summed E-state index contributed by atoms with van der Waals surface area (Å²) in [6.45, 7) is 3.77. The third kappa shape index (κ3) is 1.80. The van der Waals surface area contributed by atoms with Gasteiger partial charge in [-0.1, -0.05) is 6.07 Å². The monoisotopic (exact) mass is 231 g/mol. The molecule has 0 saturated carbocycles. The number of aromatic carboxylic acids is 1. The number of aromatic nitrogens is 3. The van der Waals surface area contributed by atoms with Crippen molar-refractivity contribution in [1.29, 1.82) is 0 Å². The van der Waals surface area contributed by atoms with Gasteiger partial charge in [0.05, 0.1) is 5.69 Å². The Bertz CT molecular complexity index is 587. The molecule has 5 nitrogen and oxygen atoms in total. The number of nitrogens with zero attached hydrogens (tertiary/aromatic N) is 3. The van der Waals surface area contributed by atoms with Crippen LogP contribution in [0.4, 0.5) is 0 Å². The number of hydrogen-bond donors (Lipinski definition) is 1. The maximum Gasteiger partial charge on any atom is 0.355 e. The van der Waals surface area contributed by atoms with Gasteiger partial charge in [0.1, 0.15) is 0 Å². The maximum atomic E-state index is 11.1. The first-order valence-corrected chi connectivity index (χ1v) is 5.21. The van der Waals surface area contributed by atoms with Gasteiger partial charge in [-0.3, -0.25) is 4.68 Å². The predicted molar refractivity (Wildman–Crippen MR) is 62.9 cm³/mol. The largest absolute Gasteiger partial charge is 0.476 e. The number of carboxylic acids is 1. The summed E-state index contributed by atoms with van der Waals surface area (Å²) in [5.41, 5.74) is 3.26. The number of hydrogen-bond acceptors (Lipinski definition) is 3. The molecule has 17 heavy (non-hydrogen) atoms. The van der Waals surface area contributed by atoms with E-state index in [1.165, 1.54) is 6.20 Å². The van der Waals surface area contributed by atoms with E-state index in [9.17, 15) is 4.79 Å². The van der Waals surface area contributed by atoms with E-state index >= 15 is 0 Å². The van der Waals surface area contributed by atoms with Crippen molar-refractivity contribution in [1.82, 2.24) is 14.8 Å². The van der Waals surface area contributed by atoms with Crippen LogP contribution in [0.5, 0.6) is 0 Å². The summed E-state index contributed by atoms with van der Waals surface area (Å²) in [5.74, 6) is -1.02. The van der Waals surface area contributed by atoms with Gasteiger partial charge in [-0.05, 0) is 19.9 Å². The van der Waals surface area contributed by atoms with Crippen molar-refractivity contribution in [3.05, 3.63) is 35.4 Å². The van der Waals surface area contributed by atoms with Crippen LogP contribution in [0.25, 0.3) is 11.1 Å². The quantitative estimate of drug-likeness (QED) is 0.855. The third-order valence-corrected chi connectivity index (χ3v) is 2.79. The molecule has 2 aromatic rings. The zero-order valence-corrected chi connectivity index (χ0v) is 9.93. The molecule has 0 radical (unpaired) electrons. The van der Waals surface area contributed by atoms with Gasteiger partial charge in [0.15, 0.2) is 5.69 Å². The van der Waals surface area contributed by atoms with Gasteiger partial charge in [-0.2, -0.15) is 5.10 Å². The van der Waals surface area contributed by atoms with Gasteiger partial charge in [0.25, 0.3) is 0 Å². The molecule has 2 rings (SSSR count). The smallest absolute Gasteiger partial charge is 0.355 e. The van der Waals surface area contributed by atoms with E-state index in [1.54, 1.807) is 16.8 Å². The minimum absolute atomic E-state index is 0.0618. The van der Waals surface area contributed by atoms with Gasteiger partial charge < -0.3 is 5.11 Å². The second-order valence-corrected chi connectivity index (χ2v) is 3.87.